The van der Waals surface area contributed by atoms with Crippen molar-refractivity contribution in [3.63, 3.8) is 0 Å². The van der Waals surface area contributed by atoms with Gasteiger partial charge in [-0.1, -0.05) is 26.7 Å². The van der Waals surface area contributed by atoms with Crippen LogP contribution >= 0.6 is 0 Å². The summed E-state index contributed by atoms with van der Waals surface area (Å²) in [6, 6.07) is 1.68. The molecule has 0 bridgehead atoms. The maximum Gasteiger partial charge on any atom is 0.242 e. The van der Waals surface area contributed by atoms with Gasteiger partial charge in [0.15, 0.2) is 0 Å². The Kier molecular flexibility index (Phi) is 6.90. The lowest BCUT2D eigenvalue weighted by Crippen LogP contribution is -2.32. The fourth-order valence-corrected chi connectivity index (χ4v) is 3.68. The fourth-order valence-electron chi connectivity index (χ4n) is 2.30. The van der Waals surface area contributed by atoms with Crippen molar-refractivity contribution in [1.82, 2.24) is 14.6 Å². The third-order valence-electron chi connectivity index (χ3n) is 3.53. The van der Waals surface area contributed by atoms with Gasteiger partial charge in [0.05, 0.1) is 4.90 Å². The van der Waals surface area contributed by atoms with Crippen LogP contribution in [0.15, 0.2) is 17.2 Å². The van der Waals surface area contributed by atoms with Crippen LogP contribution in [0.1, 0.15) is 45.7 Å². The van der Waals surface area contributed by atoms with E-state index >= 15 is 0 Å². The van der Waals surface area contributed by atoms with Crippen molar-refractivity contribution in [2.75, 3.05) is 7.05 Å². The number of aryl methyl sites for hydroxylation is 1. The Hall–Kier alpha value is -0.850. The van der Waals surface area contributed by atoms with Gasteiger partial charge in [-0.05, 0) is 32.4 Å². The van der Waals surface area contributed by atoms with Crippen LogP contribution in [0.25, 0.3) is 0 Å². The van der Waals surface area contributed by atoms with Crippen molar-refractivity contribution in [3.8, 4) is 0 Å². The van der Waals surface area contributed by atoms with Crippen LogP contribution in [-0.4, -0.2) is 26.1 Å². The number of nitrogens with one attached hydrogen (secondary N) is 2. The molecule has 1 unspecified atom stereocenters. The molecule has 0 aliphatic rings. The Balaban J connectivity index is 2.66. The molecule has 1 aromatic rings. The maximum absolute atomic E-state index is 12.4. The van der Waals surface area contributed by atoms with E-state index in [4.69, 9.17) is 0 Å². The Morgan fingerprint density at radius 1 is 1.24 bits per heavy atom. The molecule has 0 spiro atoms. The van der Waals surface area contributed by atoms with Gasteiger partial charge in [0.1, 0.15) is 0 Å². The standard InChI is InChI=1S/C15H29N3O2S/c1-12(2)7-6-8-13(3)17-21(19,20)15-9-14(10-16-4)18(5)11-15/h9,11-13,16-17H,6-8,10H2,1-5H3. The van der Waals surface area contributed by atoms with Crippen molar-refractivity contribution in [1.29, 1.82) is 0 Å². The fraction of sp³-hybridized carbons (Fsp3) is 0.733. The number of hydrogen-bond donors (Lipinski definition) is 2. The van der Waals surface area contributed by atoms with Crippen molar-refractivity contribution in [2.45, 2.75) is 57.5 Å². The highest BCUT2D eigenvalue weighted by molar-refractivity contribution is 7.89. The summed E-state index contributed by atoms with van der Waals surface area (Å²) in [5.74, 6) is 0.659. The van der Waals surface area contributed by atoms with Gasteiger partial charge in [0, 0.05) is 31.5 Å². The van der Waals surface area contributed by atoms with Crippen molar-refractivity contribution < 1.29 is 8.42 Å². The summed E-state index contributed by atoms with van der Waals surface area (Å²) in [5, 5.41) is 3.03. The second kappa shape index (κ2) is 7.96. The van der Waals surface area contributed by atoms with Crippen LogP contribution in [0.3, 0.4) is 0 Å². The van der Waals surface area contributed by atoms with Crippen LogP contribution in [0.5, 0.6) is 0 Å². The normalized spacial score (nSPS) is 13.8. The van der Waals surface area contributed by atoms with E-state index in [9.17, 15) is 8.42 Å². The largest absolute Gasteiger partial charge is 0.352 e. The molecule has 0 saturated heterocycles. The van der Waals surface area contributed by atoms with E-state index in [0.29, 0.717) is 17.4 Å². The Bertz CT molecular complexity index is 535. The van der Waals surface area contributed by atoms with E-state index in [0.717, 1.165) is 25.0 Å². The zero-order valence-electron chi connectivity index (χ0n) is 13.8. The third-order valence-corrected chi connectivity index (χ3v) is 5.08. The van der Waals surface area contributed by atoms with Gasteiger partial charge in [-0.3, -0.25) is 0 Å². The van der Waals surface area contributed by atoms with Gasteiger partial charge in [-0.25, -0.2) is 13.1 Å². The highest BCUT2D eigenvalue weighted by atomic mass is 32.2. The highest BCUT2D eigenvalue weighted by Gasteiger charge is 2.19. The quantitative estimate of drug-likeness (QED) is 0.734. The first kappa shape index (κ1) is 18.2. The average molecular weight is 315 g/mol. The molecule has 5 nitrogen and oxygen atoms in total. The first-order chi connectivity index (χ1) is 9.76. The summed E-state index contributed by atoms with van der Waals surface area (Å²) in [6.07, 6.45) is 4.70. The van der Waals surface area contributed by atoms with Crippen LogP contribution in [0.4, 0.5) is 0 Å². The van der Waals surface area contributed by atoms with E-state index in [1.54, 1.807) is 12.3 Å². The average Bonchev–Trinajstić information content (AvgIpc) is 2.71. The van der Waals surface area contributed by atoms with Crippen molar-refractivity contribution >= 4 is 10.0 Å². The van der Waals surface area contributed by atoms with Crippen molar-refractivity contribution in [2.24, 2.45) is 13.0 Å². The number of aromatic nitrogens is 1. The molecular weight excluding hydrogens is 286 g/mol. The van der Waals surface area contributed by atoms with Crippen LogP contribution in [0.2, 0.25) is 0 Å². The lowest BCUT2D eigenvalue weighted by Gasteiger charge is -2.14. The summed E-state index contributed by atoms with van der Waals surface area (Å²) in [4.78, 5) is 0.339. The summed E-state index contributed by atoms with van der Waals surface area (Å²) in [7, 11) is 0.274. The SMILES string of the molecule is CNCc1cc(S(=O)(=O)NC(C)CCCC(C)C)cn1C. The molecule has 6 heteroatoms. The smallest absolute Gasteiger partial charge is 0.242 e. The molecule has 1 rings (SSSR count). The summed E-state index contributed by atoms with van der Waals surface area (Å²) in [5.41, 5.74) is 0.949. The predicted molar refractivity (Wildman–Crippen MR) is 86.6 cm³/mol. The van der Waals surface area contributed by atoms with Gasteiger partial charge in [0.2, 0.25) is 10.0 Å². The predicted octanol–water partition coefficient (Wildman–Crippen LogP) is 2.24. The van der Waals surface area contributed by atoms with Crippen LogP contribution < -0.4 is 10.0 Å². The summed E-state index contributed by atoms with van der Waals surface area (Å²) < 4.78 is 29.3. The molecule has 0 fully saturated rings. The molecule has 1 atom stereocenters. The molecule has 21 heavy (non-hydrogen) atoms. The van der Waals surface area contributed by atoms with E-state index in [-0.39, 0.29) is 6.04 Å². The van der Waals surface area contributed by atoms with Gasteiger partial charge < -0.3 is 9.88 Å². The molecule has 0 amide bonds. The Labute approximate surface area is 129 Å². The second-order valence-corrected chi connectivity index (χ2v) is 7.87. The van der Waals surface area contributed by atoms with Crippen LogP contribution in [0, 0.1) is 5.92 Å². The molecule has 122 valence electrons. The van der Waals surface area contributed by atoms with Gasteiger partial charge in [-0.2, -0.15) is 0 Å². The number of rotatable bonds is 9. The molecule has 1 heterocycles. The molecule has 0 aliphatic heterocycles. The zero-order valence-corrected chi connectivity index (χ0v) is 14.6. The van der Waals surface area contributed by atoms with Gasteiger partial charge in [-0.15, -0.1) is 0 Å². The Morgan fingerprint density at radius 2 is 1.90 bits per heavy atom. The molecular formula is C15H29N3O2S. The molecule has 0 saturated carbocycles. The van der Waals surface area contributed by atoms with Crippen molar-refractivity contribution in [3.05, 3.63) is 18.0 Å². The highest BCUT2D eigenvalue weighted by Crippen LogP contribution is 2.15. The monoisotopic (exact) mass is 315 g/mol. The van der Waals surface area contributed by atoms with Gasteiger partial charge in [0.25, 0.3) is 0 Å². The lowest BCUT2D eigenvalue weighted by molar-refractivity contribution is 0.488. The molecule has 0 aromatic carbocycles. The van der Waals surface area contributed by atoms with E-state index in [1.807, 2.05) is 25.6 Å². The first-order valence-electron chi connectivity index (χ1n) is 7.58. The minimum atomic E-state index is -3.43. The zero-order chi connectivity index (χ0) is 16.0. The van der Waals surface area contributed by atoms with Gasteiger partial charge >= 0.3 is 0 Å². The summed E-state index contributed by atoms with van der Waals surface area (Å²) in [6.45, 7) is 6.94. The number of sulfonamides is 1. The second-order valence-electron chi connectivity index (χ2n) is 6.16. The number of hydrogen-bond acceptors (Lipinski definition) is 3. The number of nitrogens with zero attached hydrogens (tertiary/aromatic N) is 1. The first-order valence-corrected chi connectivity index (χ1v) is 9.06. The van der Waals surface area contributed by atoms with E-state index in [1.165, 1.54) is 0 Å². The topological polar surface area (TPSA) is 63.1 Å². The molecule has 1 aromatic heterocycles. The minimum Gasteiger partial charge on any atom is -0.352 e. The van der Waals surface area contributed by atoms with Crippen LogP contribution in [-0.2, 0) is 23.6 Å². The molecule has 0 radical (unpaired) electrons. The van der Waals surface area contributed by atoms with E-state index < -0.39 is 10.0 Å². The third kappa shape index (κ3) is 5.80. The minimum absolute atomic E-state index is 0.0401. The Morgan fingerprint density at radius 3 is 2.48 bits per heavy atom. The van der Waals surface area contributed by atoms with E-state index in [2.05, 4.69) is 23.9 Å². The maximum atomic E-state index is 12.4. The lowest BCUT2D eigenvalue weighted by atomic mass is 10.0. The molecule has 2 N–H and O–H groups in total. The summed E-state index contributed by atoms with van der Waals surface area (Å²) >= 11 is 0. The molecule has 0 aliphatic carbocycles.